The molecule has 1 saturated heterocycles. The average Bonchev–Trinajstić information content (AvgIpc) is 3.14. The van der Waals surface area contributed by atoms with E-state index in [0.29, 0.717) is 47.3 Å². The van der Waals surface area contributed by atoms with Crippen LogP contribution in [0.3, 0.4) is 0 Å². The van der Waals surface area contributed by atoms with Crippen LogP contribution in [0, 0.1) is 13.8 Å². The molecule has 0 aromatic heterocycles. The molecule has 7 heteroatoms. The van der Waals surface area contributed by atoms with Gasteiger partial charge in [0.2, 0.25) is 0 Å². The zero-order valence-corrected chi connectivity index (χ0v) is 23.3. The fraction of sp³-hybridized carbons (Fsp3) is 0.312. The highest BCUT2D eigenvalue weighted by Gasteiger charge is 2.47. The van der Waals surface area contributed by atoms with E-state index in [2.05, 4.69) is 0 Å². The van der Waals surface area contributed by atoms with Gasteiger partial charge in [-0.2, -0.15) is 0 Å². The van der Waals surface area contributed by atoms with Crippen molar-refractivity contribution in [2.75, 3.05) is 18.1 Å². The number of carbonyl (C=O) groups excluding carboxylic acids is 2. The summed E-state index contributed by atoms with van der Waals surface area (Å²) in [5.74, 6) is -0.275. The van der Waals surface area contributed by atoms with Crippen molar-refractivity contribution in [1.82, 2.24) is 0 Å². The highest BCUT2D eigenvalue weighted by atomic mass is 16.5. The number of nitrogens with zero attached hydrogens (tertiary/aromatic N) is 1. The second kappa shape index (κ2) is 11.6. The Bertz CT molecular complexity index is 1400. The van der Waals surface area contributed by atoms with E-state index in [0.717, 1.165) is 11.1 Å². The number of aliphatic hydroxyl groups is 1. The maximum Gasteiger partial charge on any atom is 0.300 e. The van der Waals surface area contributed by atoms with Gasteiger partial charge in [0.25, 0.3) is 11.7 Å². The van der Waals surface area contributed by atoms with Crippen molar-refractivity contribution in [2.45, 2.75) is 53.7 Å². The molecule has 0 saturated carbocycles. The van der Waals surface area contributed by atoms with Crippen LogP contribution in [-0.4, -0.2) is 36.1 Å². The molecule has 3 aromatic rings. The first kappa shape index (κ1) is 27.8. The number of hydrogen-bond donors (Lipinski definition) is 1. The molecule has 1 aliphatic rings. The molecule has 0 bridgehead atoms. The Morgan fingerprint density at radius 2 is 1.59 bits per heavy atom. The molecule has 1 heterocycles. The van der Waals surface area contributed by atoms with Crippen LogP contribution < -0.4 is 19.1 Å². The summed E-state index contributed by atoms with van der Waals surface area (Å²) >= 11 is 0. The lowest BCUT2D eigenvalue weighted by Gasteiger charge is -2.26. The summed E-state index contributed by atoms with van der Waals surface area (Å²) in [5.41, 5.74) is 3.40. The molecule has 39 heavy (non-hydrogen) atoms. The Morgan fingerprint density at radius 3 is 2.23 bits per heavy atom. The Balaban J connectivity index is 1.97. The van der Waals surface area contributed by atoms with Gasteiger partial charge in [0.05, 0.1) is 36.5 Å². The lowest BCUT2D eigenvalue weighted by atomic mass is 9.94. The monoisotopic (exact) mass is 529 g/mol. The normalized spacial score (nSPS) is 16.6. The average molecular weight is 530 g/mol. The van der Waals surface area contributed by atoms with E-state index in [1.165, 1.54) is 4.90 Å². The summed E-state index contributed by atoms with van der Waals surface area (Å²) in [6.45, 7) is 12.2. The highest BCUT2D eigenvalue weighted by molar-refractivity contribution is 6.51. The fourth-order valence-corrected chi connectivity index (χ4v) is 4.91. The SMILES string of the molecule is CCOc1ccc(/C(O)=C2\C(=O)C(=O)N(c3cc(C)cc(C)c3)C2c2cccc(OC(C)C)c2)c(OCC)c1. The minimum atomic E-state index is -0.886. The number of carbonyl (C=O) groups is 2. The number of ketones is 1. The highest BCUT2D eigenvalue weighted by Crippen LogP contribution is 2.44. The third kappa shape index (κ3) is 5.77. The maximum atomic E-state index is 13.7. The van der Waals surface area contributed by atoms with Crippen molar-refractivity contribution in [3.63, 3.8) is 0 Å². The minimum absolute atomic E-state index is 0.0223. The molecule has 4 rings (SSSR count). The second-order valence-corrected chi connectivity index (χ2v) is 9.78. The number of aliphatic hydroxyl groups excluding tert-OH is 1. The number of anilines is 1. The van der Waals surface area contributed by atoms with Gasteiger partial charge in [-0.25, -0.2) is 0 Å². The molecule has 1 aliphatic heterocycles. The third-order valence-corrected chi connectivity index (χ3v) is 6.29. The van der Waals surface area contributed by atoms with Gasteiger partial charge < -0.3 is 19.3 Å². The quantitative estimate of drug-likeness (QED) is 0.193. The Kier molecular flexibility index (Phi) is 8.29. The summed E-state index contributed by atoms with van der Waals surface area (Å²) in [7, 11) is 0. The predicted octanol–water partition coefficient (Wildman–Crippen LogP) is 6.51. The van der Waals surface area contributed by atoms with Gasteiger partial charge in [0.1, 0.15) is 23.0 Å². The van der Waals surface area contributed by atoms with Crippen LogP contribution in [0.5, 0.6) is 17.2 Å². The lowest BCUT2D eigenvalue weighted by molar-refractivity contribution is -0.132. The Morgan fingerprint density at radius 1 is 0.897 bits per heavy atom. The molecular formula is C32H35NO6. The van der Waals surface area contributed by atoms with Crippen molar-refractivity contribution in [3.8, 4) is 17.2 Å². The number of ether oxygens (including phenoxy) is 3. The first-order valence-corrected chi connectivity index (χ1v) is 13.2. The fourth-order valence-electron chi connectivity index (χ4n) is 4.91. The molecule has 1 amide bonds. The Labute approximate surface area is 229 Å². The van der Waals surface area contributed by atoms with Crippen LogP contribution in [0.15, 0.2) is 66.2 Å². The van der Waals surface area contributed by atoms with Gasteiger partial charge in [0, 0.05) is 11.8 Å². The number of aryl methyl sites for hydroxylation is 2. The van der Waals surface area contributed by atoms with Crippen LogP contribution in [0.25, 0.3) is 5.76 Å². The van der Waals surface area contributed by atoms with Gasteiger partial charge in [-0.15, -0.1) is 0 Å². The molecule has 0 spiro atoms. The molecule has 1 N–H and O–H groups in total. The molecule has 1 unspecified atom stereocenters. The molecule has 0 radical (unpaired) electrons. The van der Waals surface area contributed by atoms with Crippen LogP contribution in [0.1, 0.15) is 56.0 Å². The standard InChI is InChI=1S/C32H35NO6/c1-7-37-24-12-13-26(27(18-24)38-8-2)30(34)28-29(22-10-9-11-25(17-22)39-19(3)4)33(32(36)31(28)35)23-15-20(5)14-21(6)16-23/h9-19,29,34H,7-8H2,1-6H3/b30-28+. The molecule has 3 aromatic carbocycles. The molecule has 204 valence electrons. The largest absolute Gasteiger partial charge is 0.507 e. The summed E-state index contributed by atoms with van der Waals surface area (Å²) in [6.07, 6.45) is -0.0661. The van der Waals surface area contributed by atoms with E-state index >= 15 is 0 Å². The lowest BCUT2D eigenvalue weighted by Crippen LogP contribution is -2.29. The number of benzene rings is 3. The first-order valence-electron chi connectivity index (χ1n) is 13.2. The van der Waals surface area contributed by atoms with Crippen molar-refractivity contribution >= 4 is 23.1 Å². The predicted molar refractivity (Wildman–Crippen MR) is 152 cm³/mol. The molecular weight excluding hydrogens is 494 g/mol. The van der Waals surface area contributed by atoms with Gasteiger partial charge in [-0.3, -0.25) is 14.5 Å². The first-order chi connectivity index (χ1) is 18.6. The smallest absolute Gasteiger partial charge is 0.300 e. The van der Waals surface area contributed by atoms with E-state index in [9.17, 15) is 14.7 Å². The van der Waals surface area contributed by atoms with E-state index in [1.54, 1.807) is 24.3 Å². The maximum absolute atomic E-state index is 13.7. The van der Waals surface area contributed by atoms with E-state index in [1.807, 2.05) is 77.9 Å². The van der Waals surface area contributed by atoms with Crippen LogP contribution in [0.4, 0.5) is 5.69 Å². The van der Waals surface area contributed by atoms with Gasteiger partial charge in [-0.1, -0.05) is 18.2 Å². The van der Waals surface area contributed by atoms with Crippen LogP contribution in [0.2, 0.25) is 0 Å². The zero-order chi connectivity index (χ0) is 28.3. The second-order valence-electron chi connectivity index (χ2n) is 9.78. The number of Topliss-reactive ketones (excluding diaryl/α,β-unsaturated/α-hetero) is 1. The summed E-state index contributed by atoms with van der Waals surface area (Å²) in [4.78, 5) is 28.7. The summed E-state index contributed by atoms with van der Waals surface area (Å²) in [5, 5.41) is 11.7. The summed E-state index contributed by atoms with van der Waals surface area (Å²) in [6, 6.07) is 17.1. The number of hydrogen-bond acceptors (Lipinski definition) is 6. The van der Waals surface area contributed by atoms with Crippen molar-refractivity contribution in [2.24, 2.45) is 0 Å². The molecule has 1 fully saturated rings. The van der Waals surface area contributed by atoms with Crippen molar-refractivity contribution in [3.05, 3.63) is 88.5 Å². The molecule has 1 atom stereocenters. The van der Waals surface area contributed by atoms with Gasteiger partial charge >= 0.3 is 0 Å². The summed E-state index contributed by atoms with van der Waals surface area (Å²) < 4.78 is 17.3. The van der Waals surface area contributed by atoms with Gasteiger partial charge in [-0.05, 0) is 94.6 Å². The third-order valence-electron chi connectivity index (χ3n) is 6.29. The molecule has 0 aliphatic carbocycles. The number of rotatable bonds is 9. The minimum Gasteiger partial charge on any atom is -0.507 e. The van der Waals surface area contributed by atoms with Crippen molar-refractivity contribution in [1.29, 1.82) is 0 Å². The topological polar surface area (TPSA) is 85.3 Å². The van der Waals surface area contributed by atoms with Crippen molar-refractivity contribution < 1.29 is 28.9 Å². The van der Waals surface area contributed by atoms with Crippen LogP contribution in [-0.2, 0) is 9.59 Å². The van der Waals surface area contributed by atoms with Crippen LogP contribution >= 0.6 is 0 Å². The van der Waals surface area contributed by atoms with E-state index in [-0.39, 0.29) is 17.4 Å². The van der Waals surface area contributed by atoms with Gasteiger partial charge in [0.15, 0.2) is 0 Å². The zero-order valence-electron chi connectivity index (χ0n) is 23.3. The number of amides is 1. The Hall–Kier alpha value is -4.26. The molecule has 7 nitrogen and oxygen atoms in total. The van der Waals surface area contributed by atoms with E-state index < -0.39 is 17.7 Å². The van der Waals surface area contributed by atoms with E-state index in [4.69, 9.17) is 14.2 Å².